The summed E-state index contributed by atoms with van der Waals surface area (Å²) in [7, 11) is -3.97. The van der Waals surface area contributed by atoms with Crippen LogP contribution in [0.3, 0.4) is 0 Å². The molecule has 2 aromatic carbocycles. The molecule has 0 saturated heterocycles. The van der Waals surface area contributed by atoms with Crippen molar-refractivity contribution in [3.8, 4) is 0 Å². The highest BCUT2D eigenvalue weighted by molar-refractivity contribution is 9.10. The van der Waals surface area contributed by atoms with Crippen molar-refractivity contribution in [1.82, 2.24) is 0 Å². The standard InChI is InChI=1S/C16H16BrNO4S/c1-11-4-3-5-15(12(11)2)18(10-16(19)20)23(21,22)14-8-6-13(17)7-9-14/h3-9H,10H2,1-2H3,(H,19,20). The zero-order valence-electron chi connectivity index (χ0n) is 12.7. The van der Waals surface area contributed by atoms with Gasteiger partial charge in [-0.25, -0.2) is 8.42 Å². The van der Waals surface area contributed by atoms with Crippen LogP contribution in [0.15, 0.2) is 51.8 Å². The second-order valence-corrected chi connectivity index (χ2v) is 7.86. The van der Waals surface area contributed by atoms with Gasteiger partial charge in [0.2, 0.25) is 0 Å². The molecule has 0 aliphatic carbocycles. The Morgan fingerprint density at radius 1 is 1.13 bits per heavy atom. The summed E-state index contributed by atoms with van der Waals surface area (Å²) in [6, 6.07) is 11.3. The van der Waals surface area contributed by atoms with Gasteiger partial charge in [-0.05, 0) is 55.3 Å². The Morgan fingerprint density at radius 3 is 2.30 bits per heavy atom. The normalized spacial score (nSPS) is 11.3. The smallest absolute Gasteiger partial charge is 0.324 e. The Bertz CT molecular complexity index is 832. The first-order valence-corrected chi connectivity index (χ1v) is 9.03. The van der Waals surface area contributed by atoms with Crippen molar-refractivity contribution in [2.75, 3.05) is 10.8 Å². The average Bonchev–Trinajstić information content (AvgIpc) is 2.48. The number of carboxylic acids is 1. The predicted octanol–water partition coefficient (Wildman–Crippen LogP) is 3.35. The Hall–Kier alpha value is -1.86. The molecule has 7 heteroatoms. The van der Waals surface area contributed by atoms with Crippen molar-refractivity contribution in [3.05, 3.63) is 58.1 Å². The monoisotopic (exact) mass is 397 g/mol. The summed E-state index contributed by atoms with van der Waals surface area (Å²) in [5.74, 6) is -1.22. The molecular weight excluding hydrogens is 382 g/mol. The van der Waals surface area contributed by atoms with Gasteiger partial charge in [-0.1, -0.05) is 28.1 Å². The molecular formula is C16H16BrNO4S. The Morgan fingerprint density at radius 2 is 1.74 bits per heavy atom. The zero-order valence-corrected chi connectivity index (χ0v) is 15.1. The minimum Gasteiger partial charge on any atom is -0.480 e. The van der Waals surface area contributed by atoms with E-state index < -0.39 is 22.5 Å². The molecule has 0 fully saturated rings. The van der Waals surface area contributed by atoms with Gasteiger partial charge in [0.25, 0.3) is 10.0 Å². The lowest BCUT2D eigenvalue weighted by molar-refractivity contribution is -0.135. The summed E-state index contributed by atoms with van der Waals surface area (Å²) in [5.41, 5.74) is 1.99. The lowest BCUT2D eigenvalue weighted by atomic mass is 10.1. The molecule has 0 aliphatic rings. The van der Waals surface area contributed by atoms with Gasteiger partial charge >= 0.3 is 5.97 Å². The molecule has 0 radical (unpaired) electrons. The van der Waals surface area contributed by atoms with E-state index in [0.717, 1.165) is 19.9 Å². The van der Waals surface area contributed by atoms with Crippen LogP contribution < -0.4 is 4.31 Å². The molecule has 122 valence electrons. The van der Waals surface area contributed by atoms with Gasteiger partial charge in [-0.2, -0.15) is 0 Å². The van der Waals surface area contributed by atoms with Gasteiger partial charge < -0.3 is 5.11 Å². The topological polar surface area (TPSA) is 74.7 Å². The highest BCUT2D eigenvalue weighted by Gasteiger charge is 2.28. The summed E-state index contributed by atoms with van der Waals surface area (Å²) in [6.45, 7) is 2.99. The highest BCUT2D eigenvalue weighted by atomic mass is 79.9. The summed E-state index contributed by atoms with van der Waals surface area (Å²) < 4.78 is 27.5. The van der Waals surface area contributed by atoms with Crippen LogP contribution in [0.1, 0.15) is 11.1 Å². The van der Waals surface area contributed by atoms with E-state index in [-0.39, 0.29) is 4.90 Å². The number of carbonyl (C=O) groups is 1. The van der Waals surface area contributed by atoms with E-state index in [1.165, 1.54) is 12.1 Å². The molecule has 0 bridgehead atoms. The van der Waals surface area contributed by atoms with Crippen LogP contribution in [0, 0.1) is 13.8 Å². The van der Waals surface area contributed by atoms with Crippen molar-refractivity contribution in [1.29, 1.82) is 0 Å². The van der Waals surface area contributed by atoms with Gasteiger partial charge in [-0.3, -0.25) is 9.10 Å². The third-order valence-electron chi connectivity index (χ3n) is 3.53. The van der Waals surface area contributed by atoms with Crippen molar-refractivity contribution in [2.45, 2.75) is 18.7 Å². The molecule has 0 aliphatic heterocycles. The van der Waals surface area contributed by atoms with E-state index in [4.69, 9.17) is 5.11 Å². The largest absolute Gasteiger partial charge is 0.480 e. The SMILES string of the molecule is Cc1cccc(N(CC(=O)O)S(=O)(=O)c2ccc(Br)cc2)c1C. The summed E-state index contributed by atoms with van der Waals surface area (Å²) in [5, 5.41) is 9.15. The number of anilines is 1. The van der Waals surface area contributed by atoms with Gasteiger partial charge in [-0.15, -0.1) is 0 Å². The number of sulfonamides is 1. The lowest BCUT2D eigenvalue weighted by Crippen LogP contribution is -2.36. The van der Waals surface area contributed by atoms with E-state index in [2.05, 4.69) is 15.9 Å². The van der Waals surface area contributed by atoms with Crippen LogP contribution in [0.25, 0.3) is 0 Å². The fraction of sp³-hybridized carbons (Fsp3) is 0.188. The number of hydrogen-bond donors (Lipinski definition) is 1. The number of aryl methyl sites for hydroxylation is 1. The minimum absolute atomic E-state index is 0.0443. The minimum atomic E-state index is -3.97. The van der Waals surface area contributed by atoms with E-state index in [1.807, 2.05) is 13.0 Å². The summed E-state index contributed by atoms with van der Waals surface area (Å²) in [6.07, 6.45) is 0. The van der Waals surface area contributed by atoms with E-state index >= 15 is 0 Å². The average molecular weight is 398 g/mol. The third kappa shape index (κ3) is 3.73. The van der Waals surface area contributed by atoms with E-state index in [1.54, 1.807) is 31.2 Å². The lowest BCUT2D eigenvalue weighted by Gasteiger charge is -2.25. The second-order valence-electron chi connectivity index (χ2n) is 5.08. The van der Waals surface area contributed by atoms with Crippen molar-refractivity contribution < 1.29 is 18.3 Å². The van der Waals surface area contributed by atoms with Gasteiger partial charge in [0.15, 0.2) is 0 Å². The van der Waals surface area contributed by atoms with Crippen molar-refractivity contribution in [2.24, 2.45) is 0 Å². The molecule has 0 heterocycles. The fourth-order valence-corrected chi connectivity index (χ4v) is 3.90. The molecule has 5 nitrogen and oxygen atoms in total. The van der Waals surface area contributed by atoms with Crippen molar-refractivity contribution >= 4 is 37.6 Å². The maximum absolute atomic E-state index is 12.9. The van der Waals surface area contributed by atoms with Crippen LogP contribution >= 0.6 is 15.9 Å². The molecule has 0 spiro atoms. The van der Waals surface area contributed by atoms with Crippen LogP contribution in [-0.4, -0.2) is 26.0 Å². The number of aliphatic carboxylic acids is 1. The summed E-state index contributed by atoms with van der Waals surface area (Å²) in [4.78, 5) is 11.2. The summed E-state index contributed by atoms with van der Waals surface area (Å²) >= 11 is 3.25. The molecule has 2 rings (SSSR count). The molecule has 0 aromatic heterocycles. The van der Waals surface area contributed by atoms with Crippen LogP contribution in [0.2, 0.25) is 0 Å². The first kappa shape index (κ1) is 17.5. The number of halogens is 1. The van der Waals surface area contributed by atoms with Gasteiger partial charge in [0.05, 0.1) is 10.6 Å². The molecule has 0 unspecified atom stereocenters. The van der Waals surface area contributed by atoms with Crippen LogP contribution in [0.5, 0.6) is 0 Å². The van der Waals surface area contributed by atoms with E-state index in [0.29, 0.717) is 5.69 Å². The molecule has 0 amide bonds. The van der Waals surface area contributed by atoms with Gasteiger partial charge in [0, 0.05) is 4.47 Å². The zero-order chi connectivity index (χ0) is 17.2. The van der Waals surface area contributed by atoms with Gasteiger partial charge in [0.1, 0.15) is 6.54 Å². The Balaban J connectivity index is 2.60. The maximum Gasteiger partial charge on any atom is 0.324 e. The number of rotatable bonds is 5. The maximum atomic E-state index is 12.9. The third-order valence-corrected chi connectivity index (χ3v) is 5.83. The highest BCUT2D eigenvalue weighted by Crippen LogP contribution is 2.28. The molecule has 23 heavy (non-hydrogen) atoms. The number of nitrogens with zero attached hydrogens (tertiary/aromatic N) is 1. The molecule has 0 saturated carbocycles. The Kier molecular flexibility index (Phi) is 5.11. The first-order valence-electron chi connectivity index (χ1n) is 6.80. The quantitative estimate of drug-likeness (QED) is 0.839. The number of carboxylic acid groups (broad SMARTS) is 1. The Labute approximate surface area is 143 Å². The molecule has 0 atom stereocenters. The predicted molar refractivity (Wildman–Crippen MR) is 92.2 cm³/mol. The number of hydrogen-bond acceptors (Lipinski definition) is 3. The fourth-order valence-electron chi connectivity index (χ4n) is 2.16. The van der Waals surface area contributed by atoms with Crippen molar-refractivity contribution in [3.63, 3.8) is 0 Å². The number of benzene rings is 2. The van der Waals surface area contributed by atoms with Crippen LogP contribution in [0.4, 0.5) is 5.69 Å². The molecule has 2 aromatic rings. The second kappa shape index (κ2) is 6.72. The van der Waals surface area contributed by atoms with Crippen LogP contribution in [-0.2, 0) is 14.8 Å². The van der Waals surface area contributed by atoms with E-state index in [9.17, 15) is 13.2 Å². The molecule has 1 N–H and O–H groups in total. The first-order chi connectivity index (χ1) is 10.7.